The zero-order valence-corrected chi connectivity index (χ0v) is 12.4. The lowest BCUT2D eigenvalue weighted by atomic mass is 9.87. The summed E-state index contributed by atoms with van der Waals surface area (Å²) in [5.74, 6) is 0. The predicted molar refractivity (Wildman–Crippen MR) is 71.4 cm³/mol. The molecule has 1 rings (SSSR count). The van der Waals surface area contributed by atoms with Crippen molar-refractivity contribution in [2.45, 2.75) is 53.2 Å². The van der Waals surface area contributed by atoms with Gasteiger partial charge in [0.05, 0.1) is 17.2 Å². The van der Waals surface area contributed by atoms with Crippen molar-refractivity contribution in [1.29, 1.82) is 0 Å². The van der Waals surface area contributed by atoms with E-state index in [4.69, 9.17) is 0 Å². The Morgan fingerprint density at radius 3 is 2.50 bits per heavy atom. The van der Waals surface area contributed by atoms with Crippen molar-refractivity contribution in [2.24, 2.45) is 5.41 Å². The van der Waals surface area contributed by atoms with Gasteiger partial charge in [-0.1, -0.05) is 20.8 Å². The number of rotatable bonds is 4. The molecule has 0 saturated heterocycles. The Kier molecular flexibility index (Phi) is 4.56. The minimum Gasteiger partial charge on any atom is -0.309 e. The van der Waals surface area contributed by atoms with Crippen LogP contribution in [0.25, 0.3) is 0 Å². The van der Waals surface area contributed by atoms with Gasteiger partial charge in [-0.2, -0.15) is 5.10 Å². The molecule has 4 heteroatoms. The average molecular weight is 288 g/mol. The topological polar surface area (TPSA) is 29.9 Å². The van der Waals surface area contributed by atoms with Gasteiger partial charge < -0.3 is 5.32 Å². The Hall–Kier alpha value is -0.350. The number of nitrogens with one attached hydrogen (secondary N) is 1. The quantitative estimate of drug-likeness (QED) is 0.923. The maximum Gasteiger partial charge on any atom is 0.0632 e. The summed E-state index contributed by atoms with van der Waals surface area (Å²) in [6, 6.07) is 0.905. The molecule has 1 aromatic rings. The highest BCUT2D eigenvalue weighted by Gasteiger charge is 2.21. The Bertz CT molecular complexity index is 327. The number of hydrogen-bond donors (Lipinski definition) is 1. The first kappa shape index (κ1) is 13.7. The summed E-state index contributed by atoms with van der Waals surface area (Å²) in [4.78, 5) is 0. The summed E-state index contributed by atoms with van der Waals surface area (Å²) in [7, 11) is 0. The molecule has 1 heterocycles. The van der Waals surface area contributed by atoms with Gasteiger partial charge in [-0.15, -0.1) is 0 Å². The average Bonchev–Trinajstić information content (AvgIpc) is 2.49. The van der Waals surface area contributed by atoms with Gasteiger partial charge in [0.15, 0.2) is 0 Å². The second kappa shape index (κ2) is 5.32. The molecule has 3 nitrogen and oxygen atoms in total. The third-order valence-corrected chi connectivity index (χ3v) is 3.31. The summed E-state index contributed by atoms with van der Waals surface area (Å²) >= 11 is 3.40. The Balaban J connectivity index is 2.45. The minimum atomic E-state index is 0.291. The highest BCUT2D eigenvalue weighted by atomic mass is 79.9. The lowest BCUT2D eigenvalue weighted by Gasteiger charge is -2.31. The van der Waals surface area contributed by atoms with Gasteiger partial charge in [0.25, 0.3) is 0 Å². The van der Waals surface area contributed by atoms with Gasteiger partial charge >= 0.3 is 0 Å². The van der Waals surface area contributed by atoms with E-state index in [0.717, 1.165) is 11.0 Å². The molecule has 0 aliphatic carbocycles. The van der Waals surface area contributed by atoms with Crippen molar-refractivity contribution in [3.05, 3.63) is 16.9 Å². The van der Waals surface area contributed by atoms with Crippen molar-refractivity contribution in [1.82, 2.24) is 15.1 Å². The van der Waals surface area contributed by atoms with Crippen molar-refractivity contribution in [2.75, 3.05) is 0 Å². The van der Waals surface area contributed by atoms with Gasteiger partial charge in [0.2, 0.25) is 0 Å². The van der Waals surface area contributed by atoms with E-state index in [2.05, 4.69) is 61.0 Å². The molecule has 0 spiro atoms. The van der Waals surface area contributed by atoms with Gasteiger partial charge in [-0.3, -0.25) is 4.68 Å². The third-order valence-electron chi connectivity index (χ3n) is 2.90. The van der Waals surface area contributed by atoms with Crippen LogP contribution in [0.4, 0.5) is 0 Å². The van der Waals surface area contributed by atoms with E-state index in [9.17, 15) is 0 Å². The fourth-order valence-electron chi connectivity index (χ4n) is 1.45. The maximum atomic E-state index is 4.26. The molecule has 0 saturated carbocycles. The van der Waals surface area contributed by atoms with E-state index in [1.54, 1.807) is 0 Å². The normalized spacial score (nSPS) is 16.1. The fraction of sp³-hybridized carbons (Fsp3) is 0.750. The molecule has 0 aliphatic rings. The van der Waals surface area contributed by atoms with Gasteiger partial charge in [-0.25, -0.2) is 0 Å². The smallest absolute Gasteiger partial charge is 0.0632 e. The lowest BCUT2D eigenvalue weighted by Crippen LogP contribution is -2.44. The summed E-state index contributed by atoms with van der Waals surface area (Å²) < 4.78 is 2.99. The molecular weight excluding hydrogens is 266 g/mol. The Morgan fingerprint density at radius 2 is 2.06 bits per heavy atom. The van der Waals surface area contributed by atoms with Gasteiger partial charge in [-0.05, 0) is 35.2 Å². The summed E-state index contributed by atoms with van der Waals surface area (Å²) in [6.45, 7) is 12.1. The van der Waals surface area contributed by atoms with Crippen LogP contribution in [0.3, 0.4) is 0 Å². The second-order valence-electron chi connectivity index (χ2n) is 5.54. The highest BCUT2D eigenvalue weighted by Crippen LogP contribution is 2.19. The standard InChI is InChI=1S/C12H22BrN3/c1-9(15-10(2)12(3,4)5)7-16-8-11(13)6-14-16/h6,8-10,15H,7H2,1-5H3. The Morgan fingerprint density at radius 1 is 1.44 bits per heavy atom. The van der Waals surface area contributed by atoms with Gasteiger partial charge in [0.1, 0.15) is 0 Å². The first-order valence-electron chi connectivity index (χ1n) is 5.73. The molecule has 1 aromatic heterocycles. The van der Waals surface area contributed by atoms with Crippen molar-refractivity contribution < 1.29 is 0 Å². The molecule has 0 amide bonds. The molecule has 0 radical (unpaired) electrons. The van der Waals surface area contributed by atoms with Crippen LogP contribution >= 0.6 is 15.9 Å². The number of hydrogen-bond acceptors (Lipinski definition) is 2. The fourth-order valence-corrected chi connectivity index (χ4v) is 1.78. The summed E-state index contributed by atoms with van der Waals surface area (Å²) in [5, 5.41) is 7.86. The number of halogens is 1. The SMILES string of the molecule is CC(Cn1cc(Br)cn1)NC(C)C(C)(C)C. The monoisotopic (exact) mass is 287 g/mol. The molecule has 16 heavy (non-hydrogen) atoms. The van der Waals surface area contributed by atoms with Crippen molar-refractivity contribution in [3.63, 3.8) is 0 Å². The number of aromatic nitrogens is 2. The van der Waals surface area contributed by atoms with E-state index < -0.39 is 0 Å². The molecule has 0 bridgehead atoms. The zero-order valence-electron chi connectivity index (χ0n) is 10.8. The van der Waals surface area contributed by atoms with Crippen LogP contribution in [0.5, 0.6) is 0 Å². The molecule has 92 valence electrons. The Labute approximate surface area is 107 Å². The van der Waals surface area contributed by atoms with E-state index >= 15 is 0 Å². The van der Waals surface area contributed by atoms with E-state index in [-0.39, 0.29) is 0 Å². The molecule has 1 N–H and O–H groups in total. The zero-order chi connectivity index (χ0) is 12.3. The van der Waals surface area contributed by atoms with Crippen LogP contribution in [0.2, 0.25) is 0 Å². The van der Waals surface area contributed by atoms with Crippen molar-refractivity contribution >= 4 is 15.9 Å². The van der Waals surface area contributed by atoms with Crippen LogP contribution in [-0.2, 0) is 6.54 Å². The van der Waals surface area contributed by atoms with Crippen molar-refractivity contribution in [3.8, 4) is 0 Å². The molecule has 0 fully saturated rings. The maximum absolute atomic E-state index is 4.26. The summed E-state index contributed by atoms with van der Waals surface area (Å²) in [6.07, 6.45) is 3.82. The first-order chi connectivity index (χ1) is 7.29. The molecule has 2 atom stereocenters. The third kappa shape index (κ3) is 4.26. The van der Waals surface area contributed by atoms with Crippen LogP contribution in [0.15, 0.2) is 16.9 Å². The molecular formula is C12H22BrN3. The largest absolute Gasteiger partial charge is 0.309 e. The molecule has 0 aromatic carbocycles. The van der Waals surface area contributed by atoms with Crippen LogP contribution in [0.1, 0.15) is 34.6 Å². The van der Waals surface area contributed by atoms with E-state index in [1.165, 1.54) is 0 Å². The van der Waals surface area contributed by atoms with E-state index in [1.807, 2.05) is 17.1 Å². The highest BCUT2D eigenvalue weighted by molar-refractivity contribution is 9.10. The first-order valence-corrected chi connectivity index (χ1v) is 6.52. The van der Waals surface area contributed by atoms with Crippen LogP contribution < -0.4 is 5.32 Å². The number of nitrogens with zero attached hydrogens (tertiary/aromatic N) is 2. The predicted octanol–water partition coefficient (Wildman–Crippen LogP) is 3.06. The van der Waals surface area contributed by atoms with Gasteiger partial charge in [0, 0.05) is 18.3 Å². The minimum absolute atomic E-state index is 0.291. The molecule has 2 unspecified atom stereocenters. The van der Waals surface area contributed by atoms with Crippen LogP contribution in [-0.4, -0.2) is 21.9 Å². The van der Waals surface area contributed by atoms with E-state index in [0.29, 0.717) is 17.5 Å². The lowest BCUT2D eigenvalue weighted by molar-refractivity contribution is 0.256. The molecule has 0 aliphatic heterocycles. The summed E-state index contributed by atoms with van der Waals surface area (Å²) in [5.41, 5.74) is 0.291. The van der Waals surface area contributed by atoms with Crippen LogP contribution in [0, 0.1) is 5.41 Å². The second-order valence-corrected chi connectivity index (χ2v) is 6.45.